The van der Waals surface area contributed by atoms with E-state index in [1.54, 1.807) is 0 Å². The van der Waals surface area contributed by atoms with Gasteiger partial charge in [0.15, 0.2) is 0 Å². The van der Waals surface area contributed by atoms with Gasteiger partial charge in [0.05, 0.1) is 4.99 Å². The predicted molar refractivity (Wildman–Crippen MR) is 60.0 cm³/mol. The predicted octanol–water partition coefficient (Wildman–Crippen LogP) is 0.300. The van der Waals surface area contributed by atoms with Gasteiger partial charge in [-0.2, -0.15) is 0 Å². The fourth-order valence-electron chi connectivity index (χ4n) is 1.59. The molecule has 3 nitrogen and oxygen atoms in total. The quantitative estimate of drug-likeness (QED) is 0.666. The highest BCUT2D eigenvalue weighted by Crippen LogP contribution is 2.01. The summed E-state index contributed by atoms with van der Waals surface area (Å²) in [4.78, 5) is 5.46. The Bertz CT molecular complexity index is 172. The summed E-state index contributed by atoms with van der Waals surface area (Å²) in [6.45, 7) is 5.75. The van der Waals surface area contributed by atoms with Crippen molar-refractivity contribution in [3.63, 3.8) is 0 Å². The highest BCUT2D eigenvalue weighted by Gasteiger charge is 2.11. The Labute approximate surface area is 85.9 Å². The molecular weight excluding hydrogens is 182 g/mol. The summed E-state index contributed by atoms with van der Waals surface area (Å²) in [6.07, 6.45) is 2.12. The fourth-order valence-corrected chi connectivity index (χ4v) is 1.68. The molecule has 0 aliphatic carbocycles. The lowest BCUT2D eigenvalue weighted by Crippen LogP contribution is -2.31. The van der Waals surface area contributed by atoms with Crippen LogP contribution >= 0.6 is 12.2 Å². The maximum Gasteiger partial charge on any atom is 0.0740 e. The number of rotatable bonds is 3. The molecule has 0 radical (unpaired) electrons. The maximum atomic E-state index is 5.47. The molecule has 1 fully saturated rings. The van der Waals surface area contributed by atoms with E-state index in [1.807, 2.05) is 0 Å². The van der Waals surface area contributed by atoms with E-state index in [0.717, 1.165) is 26.1 Å². The molecule has 0 bridgehead atoms. The standard InChI is InChI=1S/C9H19N3S/c1-11-4-2-5-12(8-7-11)6-3-9(10)13/h2-8H2,1H3,(H2,10,13). The summed E-state index contributed by atoms with van der Waals surface area (Å²) < 4.78 is 0. The van der Waals surface area contributed by atoms with Crippen molar-refractivity contribution < 1.29 is 0 Å². The second kappa shape index (κ2) is 5.52. The van der Waals surface area contributed by atoms with Gasteiger partial charge in [-0.25, -0.2) is 0 Å². The lowest BCUT2D eigenvalue weighted by molar-refractivity contribution is 0.283. The van der Waals surface area contributed by atoms with Crippen molar-refractivity contribution in [3.8, 4) is 0 Å². The van der Waals surface area contributed by atoms with Crippen molar-refractivity contribution in [2.75, 3.05) is 39.8 Å². The Kier molecular flexibility index (Phi) is 4.62. The van der Waals surface area contributed by atoms with Crippen molar-refractivity contribution in [2.24, 2.45) is 5.73 Å². The summed E-state index contributed by atoms with van der Waals surface area (Å²) in [6, 6.07) is 0. The van der Waals surface area contributed by atoms with E-state index in [4.69, 9.17) is 18.0 Å². The van der Waals surface area contributed by atoms with Crippen LogP contribution in [0, 0.1) is 0 Å². The first-order valence-electron chi connectivity index (χ1n) is 4.87. The Balaban J connectivity index is 2.22. The molecule has 13 heavy (non-hydrogen) atoms. The molecule has 0 unspecified atom stereocenters. The van der Waals surface area contributed by atoms with E-state index in [2.05, 4.69) is 16.8 Å². The first kappa shape index (κ1) is 10.9. The summed E-state index contributed by atoms with van der Waals surface area (Å²) in [5.41, 5.74) is 5.47. The van der Waals surface area contributed by atoms with Crippen LogP contribution in [-0.4, -0.2) is 54.6 Å². The zero-order valence-corrected chi connectivity index (χ0v) is 9.15. The number of nitrogens with two attached hydrogens (primary N) is 1. The van der Waals surface area contributed by atoms with Crippen LogP contribution < -0.4 is 5.73 Å². The van der Waals surface area contributed by atoms with E-state index in [0.29, 0.717) is 4.99 Å². The minimum atomic E-state index is 0.637. The molecule has 2 N–H and O–H groups in total. The third-order valence-corrected chi connectivity index (χ3v) is 2.69. The van der Waals surface area contributed by atoms with E-state index < -0.39 is 0 Å². The summed E-state index contributed by atoms with van der Waals surface area (Å²) in [7, 11) is 2.18. The van der Waals surface area contributed by atoms with E-state index in [9.17, 15) is 0 Å². The van der Waals surface area contributed by atoms with Crippen molar-refractivity contribution in [3.05, 3.63) is 0 Å². The second-order valence-electron chi connectivity index (χ2n) is 3.71. The minimum absolute atomic E-state index is 0.637. The van der Waals surface area contributed by atoms with Crippen LogP contribution in [0.2, 0.25) is 0 Å². The molecule has 0 aromatic rings. The summed E-state index contributed by atoms with van der Waals surface area (Å²) in [5.74, 6) is 0. The van der Waals surface area contributed by atoms with Gasteiger partial charge in [0.2, 0.25) is 0 Å². The number of hydrogen-bond donors (Lipinski definition) is 1. The van der Waals surface area contributed by atoms with Crippen molar-refractivity contribution >= 4 is 17.2 Å². The Hall–Kier alpha value is -0.190. The maximum absolute atomic E-state index is 5.47. The molecule has 0 aromatic carbocycles. The second-order valence-corrected chi connectivity index (χ2v) is 4.24. The molecule has 1 aliphatic rings. The smallest absolute Gasteiger partial charge is 0.0740 e. The Morgan fingerprint density at radius 2 is 2.08 bits per heavy atom. The zero-order chi connectivity index (χ0) is 9.68. The third kappa shape index (κ3) is 4.55. The Morgan fingerprint density at radius 1 is 1.31 bits per heavy atom. The first-order chi connectivity index (χ1) is 6.18. The van der Waals surface area contributed by atoms with Gasteiger partial charge in [-0.15, -0.1) is 0 Å². The molecule has 1 heterocycles. The molecule has 1 rings (SSSR count). The van der Waals surface area contributed by atoms with Crippen LogP contribution in [0.3, 0.4) is 0 Å². The first-order valence-corrected chi connectivity index (χ1v) is 5.28. The number of nitrogens with zero attached hydrogens (tertiary/aromatic N) is 2. The van der Waals surface area contributed by atoms with Crippen LogP contribution in [0.4, 0.5) is 0 Å². The Morgan fingerprint density at radius 3 is 2.77 bits per heavy atom. The summed E-state index contributed by atoms with van der Waals surface area (Å²) in [5, 5.41) is 0. The fraction of sp³-hybridized carbons (Fsp3) is 0.889. The minimum Gasteiger partial charge on any atom is -0.393 e. The number of hydrogen-bond acceptors (Lipinski definition) is 3. The van der Waals surface area contributed by atoms with Gasteiger partial charge in [0.25, 0.3) is 0 Å². The van der Waals surface area contributed by atoms with Gasteiger partial charge in [0, 0.05) is 26.1 Å². The van der Waals surface area contributed by atoms with E-state index in [-0.39, 0.29) is 0 Å². The van der Waals surface area contributed by atoms with Crippen molar-refractivity contribution in [1.29, 1.82) is 0 Å². The van der Waals surface area contributed by atoms with Crippen LogP contribution in [0.15, 0.2) is 0 Å². The van der Waals surface area contributed by atoms with Crippen LogP contribution in [-0.2, 0) is 0 Å². The summed E-state index contributed by atoms with van der Waals surface area (Å²) >= 11 is 4.86. The highest BCUT2D eigenvalue weighted by molar-refractivity contribution is 7.80. The molecule has 0 aromatic heterocycles. The molecule has 0 saturated carbocycles. The van der Waals surface area contributed by atoms with E-state index >= 15 is 0 Å². The third-order valence-electron chi connectivity index (χ3n) is 2.49. The molecule has 76 valence electrons. The zero-order valence-electron chi connectivity index (χ0n) is 8.33. The monoisotopic (exact) mass is 201 g/mol. The largest absolute Gasteiger partial charge is 0.393 e. The van der Waals surface area contributed by atoms with Crippen LogP contribution in [0.1, 0.15) is 12.8 Å². The average molecular weight is 201 g/mol. The number of likely N-dealkylation sites (N-methyl/N-ethyl adjacent to an activating group) is 1. The van der Waals surface area contributed by atoms with Gasteiger partial charge in [-0.3, -0.25) is 0 Å². The molecule has 0 atom stereocenters. The lowest BCUT2D eigenvalue weighted by atomic mass is 10.3. The molecule has 4 heteroatoms. The normalized spacial score (nSPS) is 21.3. The highest BCUT2D eigenvalue weighted by atomic mass is 32.1. The molecule has 0 spiro atoms. The van der Waals surface area contributed by atoms with Crippen LogP contribution in [0.25, 0.3) is 0 Å². The van der Waals surface area contributed by atoms with Gasteiger partial charge in [0.1, 0.15) is 0 Å². The van der Waals surface area contributed by atoms with Crippen molar-refractivity contribution in [1.82, 2.24) is 9.80 Å². The van der Waals surface area contributed by atoms with Crippen LogP contribution in [0.5, 0.6) is 0 Å². The lowest BCUT2D eigenvalue weighted by Gasteiger charge is -2.19. The van der Waals surface area contributed by atoms with Crippen molar-refractivity contribution in [2.45, 2.75) is 12.8 Å². The molecule has 1 saturated heterocycles. The molecular formula is C9H19N3S. The SMILES string of the molecule is CN1CCCN(CCC(N)=S)CC1. The molecule has 0 amide bonds. The average Bonchev–Trinajstić information content (AvgIpc) is 2.27. The molecule has 1 aliphatic heterocycles. The van der Waals surface area contributed by atoms with Gasteiger partial charge in [-0.1, -0.05) is 12.2 Å². The van der Waals surface area contributed by atoms with Gasteiger partial charge >= 0.3 is 0 Å². The topological polar surface area (TPSA) is 32.5 Å². The van der Waals surface area contributed by atoms with Gasteiger partial charge < -0.3 is 15.5 Å². The number of thiocarbonyl (C=S) groups is 1. The van der Waals surface area contributed by atoms with Gasteiger partial charge in [-0.05, 0) is 26.6 Å². The van der Waals surface area contributed by atoms with E-state index in [1.165, 1.54) is 19.5 Å².